The number of carbonyl (C=O) groups excluding carboxylic acids is 1. The van der Waals surface area contributed by atoms with E-state index in [2.05, 4.69) is 15.6 Å². The summed E-state index contributed by atoms with van der Waals surface area (Å²) >= 11 is 0. The molecule has 0 spiro atoms. The highest BCUT2D eigenvalue weighted by Crippen LogP contribution is 2.29. The summed E-state index contributed by atoms with van der Waals surface area (Å²) in [4.78, 5) is 16.8. The number of benzene rings is 3. The Kier molecular flexibility index (Phi) is 6.05. The van der Waals surface area contributed by atoms with Gasteiger partial charge in [-0.3, -0.25) is 0 Å². The normalized spacial score (nSPS) is 10.4. The predicted octanol–water partition coefficient (Wildman–Crippen LogP) is 5.50. The zero-order chi connectivity index (χ0) is 20.6. The lowest BCUT2D eigenvalue weighted by Gasteiger charge is -2.12. The van der Waals surface area contributed by atoms with Gasteiger partial charge in [0.1, 0.15) is 12.0 Å². The van der Waals surface area contributed by atoms with Gasteiger partial charge in [-0.2, -0.15) is 0 Å². The minimum absolute atomic E-state index is 0.314. The smallest absolute Gasteiger partial charge is 0.319 e. The fourth-order valence-corrected chi connectivity index (χ4v) is 2.88. The molecule has 0 bridgehead atoms. The quantitative estimate of drug-likeness (QED) is 0.430. The van der Waals surface area contributed by atoms with Gasteiger partial charge in [0.25, 0.3) is 0 Å². The zero-order valence-corrected chi connectivity index (χ0v) is 16.2. The minimum atomic E-state index is -0.314. The van der Waals surface area contributed by atoms with Crippen LogP contribution in [0.15, 0.2) is 95.6 Å². The Morgan fingerprint density at radius 3 is 2.40 bits per heavy atom. The van der Waals surface area contributed by atoms with Crippen LogP contribution < -0.4 is 15.4 Å². The van der Waals surface area contributed by atoms with Gasteiger partial charge in [-0.15, -0.1) is 0 Å². The summed E-state index contributed by atoms with van der Waals surface area (Å²) in [6.07, 6.45) is 2.18. The van der Waals surface area contributed by atoms with Crippen LogP contribution in [-0.4, -0.2) is 17.6 Å². The molecule has 1 aromatic heterocycles. The van der Waals surface area contributed by atoms with Crippen LogP contribution in [0.2, 0.25) is 0 Å². The lowest BCUT2D eigenvalue weighted by molar-refractivity contribution is 0.252. The lowest BCUT2D eigenvalue weighted by atomic mass is 10.2. The Morgan fingerprint density at radius 2 is 1.60 bits per heavy atom. The highest BCUT2D eigenvalue weighted by molar-refractivity contribution is 5.90. The molecule has 0 saturated carbocycles. The first-order chi connectivity index (χ1) is 14.8. The molecule has 0 aliphatic heterocycles. The zero-order valence-electron chi connectivity index (χ0n) is 16.2. The molecule has 30 heavy (non-hydrogen) atoms. The van der Waals surface area contributed by atoms with E-state index in [0.717, 1.165) is 11.3 Å². The van der Waals surface area contributed by atoms with Crippen molar-refractivity contribution in [2.45, 2.75) is 6.42 Å². The molecule has 6 nitrogen and oxygen atoms in total. The van der Waals surface area contributed by atoms with Gasteiger partial charge in [0.2, 0.25) is 5.89 Å². The average Bonchev–Trinajstić information content (AvgIpc) is 3.25. The topological polar surface area (TPSA) is 76.4 Å². The highest BCUT2D eigenvalue weighted by atomic mass is 16.5. The Morgan fingerprint density at radius 1 is 0.900 bits per heavy atom. The van der Waals surface area contributed by atoms with Crippen LogP contribution in [0.5, 0.6) is 11.5 Å². The number of nitrogens with zero attached hydrogens (tertiary/aromatic N) is 1. The second-order valence-corrected chi connectivity index (χ2v) is 6.55. The molecule has 2 amide bonds. The molecule has 0 aliphatic carbocycles. The molecule has 4 aromatic rings. The Hall–Kier alpha value is -4.06. The second-order valence-electron chi connectivity index (χ2n) is 6.55. The number of amides is 2. The Bertz CT molecular complexity index is 1090. The first-order valence-electron chi connectivity index (χ1n) is 9.64. The largest absolute Gasteiger partial charge is 0.455 e. The number of oxazole rings is 1. The summed E-state index contributed by atoms with van der Waals surface area (Å²) in [5.41, 5.74) is 2.29. The molecule has 1 heterocycles. The van der Waals surface area contributed by atoms with Crippen molar-refractivity contribution in [3.05, 3.63) is 96.9 Å². The number of carbonyl (C=O) groups is 1. The van der Waals surface area contributed by atoms with Crippen molar-refractivity contribution in [1.29, 1.82) is 0 Å². The van der Waals surface area contributed by atoms with E-state index in [-0.39, 0.29) is 6.03 Å². The van der Waals surface area contributed by atoms with Gasteiger partial charge in [0, 0.05) is 18.5 Å². The molecule has 0 unspecified atom stereocenters. The number of para-hydroxylation sites is 3. The van der Waals surface area contributed by atoms with E-state index >= 15 is 0 Å². The van der Waals surface area contributed by atoms with Gasteiger partial charge in [-0.25, -0.2) is 9.78 Å². The van der Waals surface area contributed by atoms with Gasteiger partial charge < -0.3 is 19.8 Å². The van der Waals surface area contributed by atoms with Crippen molar-refractivity contribution >= 4 is 11.7 Å². The van der Waals surface area contributed by atoms with Gasteiger partial charge in [-0.1, -0.05) is 48.5 Å². The number of aromatic nitrogens is 1. The molecule has 0 fully saturated rings. The van der Waals surface area contributed by atoms with E-state index in [1.54, 1.807) is 12.3 Å². The molecule has 2 N–H and O–H groups in total. The van der Waals surface area contributed by atoms with Gasteiger partial charge in [-0.05, 0) is 36.4 Å². The Labute approximate surface area is 174 Å². The maximum atomic E-state index is 12.3. The molecule has 0 radical (unpaired) electrons. The van der Waals surface area contributed by atoms with E-state index in [1.165, 1.54) is 0 Å². The third-order valence-corrected chi connectivity index (χ3v) is 4.35. The van der Waals surface area contributed by atoms with Crippen LogP contribution in [0.1, 0.15) is 5.69 Å². The third kappa shape index (κ3) is 5.05. The van der Waals surface area contributed by atoms with E-state index in [9.17, 15) is 4.79 Å². The summed E-state index contributed by atoms with van der Waals surface area (Å²) in [5, 5.41) is 5.66. The average molecular weight is 399 g/mol. The summed E-state index contributed by atoms with van der Waals surface area (Å²) < 4.78 is 11.4. The SMILES string of the molecule is O=C(NCCc1coc(-c2ccccc2)n1)Nc1ccccc1Oc1ccccc1. The molecular weight excluding hydrogens is 378 g/mol. The summed E-state index contributed by atoms with van der Waals surface area (Å²) in [6.45, 7) is 0.425. The monoisotopic (exact) mass is 399 g/mol. The molecule has 6 heteroatoms. The summed E-state index contributed by atoms with van der Waals surface area (Å²) in [6, 6.07) is 26.1. The van der Waals surface area contributed by atoms with Crippen molar-refractivity contribution in [2.24, 2.45) is 0 Å². The van der Waals surface area contributed by atoms with E-state index in [4.69, 9.17) is 9.15 Å². The number of anilines is 1. The van der Waals surface area contributed by atoms with Crippen LogP contribution in [0.25, 0.3) is 11.5 Å². The maximum Gasteiger partial charge on any atom is 0.319 e. The van der Waals surface area contributed by atoms with Crippen molar-refractivity contribution in [1.82, 2.24) is 10.3 Å². The molecular formula is C24H21N3O3. The second kappa shape index (κ2) is 9.43. The van der Waals surface area contributed by atoms with Gasteiger partial charge >= 0.3 is 6.03 Å². The number of ether oxygens (including phenoxy) is 1. The maximum absolute atomic E-state index is 12.3. The van der Waals surface area contributed by atoms with Crippen molar-refractivity contribution in [3.8, 4) is 23.0 Å². The van der Waals surface area contributed by atoms with E-state index in [1.807, 2.05) is 78.9 Å². The van der Waals surface area contributed by atoms with Crippen molar-refractivity contribution < 1.29 is 13.9 Å². The fourth-order valence-electron chi connectivity index (χ4n) is 2.88. The lowest BCUT2D eigenvalue weighted by Crippen LogP contribution is -2.30. The van der Waals surface area contributed by atoms with E-state index in [0.29, 0.717) is 36.0 Å². The van der Waals surface area contributed by atoms with Crippen molar-refractivity contribution in [2.75, 3.05) is 11.9 Å². The molecule has 0 aliphatic rings. The number of urea groups is 1. The number of rotatable bonds is 7. The highest BCUT2D eigenvalue weighted by Gasteiger charge is 2.09. The first kappa shape index (κ1) is 19.3. The molecule has 3 aromatic carbocycles. The number of hydrogen-bond acceptors (Lipinski definition) is 4. The van der Waals surface area contributed by atoms with E-state index < -0.39 is 0 Å². The third-order valence-electron chi connectivity index (χ3n) is 4.35. The van der Waals surface area contributed by atoms with Crippen LogP contribution in [0.4, 0.5) is 10.5 Å². The predicted molar refractivity (Wildman–Crippen MR) is 116 cm³/mol. The molecule has 0 saturated heterocycles. The molecule has 0 atom stereocenters. The number of nitrogens with one attached hydrogen (secondary N) is 2. The number of hydrogen-bond donors (Lipinski definition) is 2. The Balaban J connectivity index is 1.30. The minimum Gasteiger partial charge on any atom is -0.455 e. The first-order valence-corrected chi connectivity index (χ1v) is 9.64. The fraction of sp³-hybridized carbons (Fsp3) is 0.0833. The van der Waals surface area contributed by atoms with Crippen molar-refractivity contribution in [3.63, 3.8) is 0 Å². The van der Waals surface area contributed by atoms with Gasteiger partial charge in [0.05, 0.1) is 11.4 Å². The molecule has 4 rings (SSSR count). The summed E-state index contributed by atoms with van der Waals surface area (Å²) in [7, 11) is 0. The summed E-state index contributed by atoms with van der Waals surface area (Å²) in [5.74, 6) is 1.84. The van der Waals surface area contributed by atoms with Crippen LogP contribution in [0, 0.1) is 0 Å². The standard InChI is InChI=1S/C24H21N3O3/c28-24(25-16-15-19-17-29-23(26-19)18-9-3-1-4-10-18)27-21-13-7-8-14-22(21)30-20-11-5-2-6-12-20/h1-14,17H,15-16H2,(H2,25,27,28). The van der Waals surface area contributed by atoms with Gasteiger partial charge in [0.15, 0.2) is 5.75 Å². The van der Waals surface area contributed by atoms with Crippen LogP contribution in [0.3, 0.4) is 0 Å². The van der Waals surface area contributed by atoms with Crippen LogP contribution in [-0.2, 0) is 6.42 Å². The molecule has 150 valence electrons. The van der Waals surface area contributed by atoms with Crippen LogP contribution >= 0.6 is 0 Å².